The molecule has 6 N–H and O–H groups in total. The summed E-state index contributed by atoms with van der Waals surface area (Å²) in [6, 6.07) is 3.33. The van der Waals surface area contributed by atoms with Gasteiger partial charge in [0.2, 0.25) is 17.7 Å². The van der Waals surface area contributed by atoms with Gasteiger partial charge in [0.15, 0.2) is 5.78 Å². The first-order valence-electron chi connectivity index (χ1n) is 9.69. The van der Waals surface area contributed by atoms with Crippen molar-refractivity contribution in [3.8, 4) is 0 Å². The van der Waals surface area contributed by atoms with E-state index in [-0.39, 0.29) is 32.0 Å². The molecule has 0 saturated heterocycles. The van der Waals surface area contributed by atoms with E-state index in [1.807, 2.05) is 18.2 Å². The van der Waals surface area contributed by atoms with E-state index >= 15 is 0 Å². The van der Waals surface area contributed by atoms with Gasteiger partial charge >= 0.3 is 0 Å². The Bertz CT molecular complexity index is 738. The van der Waals surface area contributed by atoms with Gasteiger partial charge in [-0.05, 0) is 22.9 Å². The molecule has 3 amide bonds. The van der Waals surface area contributed by atoms with Crippen LogP contribution < -0.4 is 21.7 Å². The SMILES string of the molecule is CC(=O)NC(C(=O)C(CN)NC(=O)CCSSc1ccccn1)C(C)C(=O)NCCO. The van der Waals surface area contributed by atoms with E-state index in [2.05, 4.69) is 20.9 Å². The molecule has 31 heavy (non-hydrogen) atoms. The molecule has 10 nitrogen and oxygen atoms in total. The van der Waals surface area contributed by atoms with Crippen LogP contribution in [0.1, 0.15) is 20.3 Å². The smallest absolute Gasteiger partial charge is 0.225 e. The highest BCUT2D eigenvalue weighted by atomic mass is 33.1. The van der Waals surface area contributed by atoms with Crippen LogP contribution in [0.3, 0.4) is 0 Å². The Morgan fingerprint density at radius 3 is 2.55 bits per heavy atom. The van der Waals surface area contributed by atoms with Gasteiger partial charge in [0.1, 0.15) is 17.1 Å². The number of nitrogens with one attached hydrogen (secondary N) is 3. The van der Waals surface area contributed by atoms with Crippen LogP contribution >= 0.6 is 21.6 Å². The molecule has 12 heteroatoms. The fourth-order valence-corrected chi connectivity index (χ4v) is 4.38. The van der Waals surface area contributed by atoms with Crippen LogP contribution in [-0.2, 0) is 19.2 Å². The first-order chi connectivity index (χ1) is 14.8. The van der Waals surface area contributed by atoms with E-state index in [4.69, 9.17) is 10.8 Å². The molecule has 3 atom stereocenters. The second-order valence-electron chi connectivity index (χ2n) is 6.56. The number of Topliss-reactive ketones (excluding diaryl/α,β-unsaturated/α-hetero) is 1. The second kappa shape index (κ2) is 14.8. The molecular weight excluding hydrogens is 442 g/mol. The third kappa shape index (κ3) is 10.1. The van der Waals surface area contributed by atoms with E-state index in [1.54, 1.807) is 6.20 Å². The normalized spacial score (nSPS) is 13.5. The molecule has 1 heterocycles. The molecule has 1 rings (SSSR count). The molecule has 1 aromatic heterocycles. The molecule has 0 aromatic carbocycles. The molecule has 3 unspecified atom stereocenters. The molecule has 0 radical (unpaired) electrons. The van der Waals surface area contributed by atoms with Crippen molar-refractivity contribution < 1.29 is 24.3 Å². The Kier molecular flexibility index (Phi) is 12.8. The lowest BCUT2D eigenvalue weighted by atomic mass is 9.92. The summed E-state index contributed by atoms with van der Waals surface area (Å²) in [4.78, 5) is 53.1. The Morgan fingerprint density at radius 2 is 1.97 bits per heavy atom. The van der Waals surface area contributed by atoms with E-state index in [0.29, 0.717) is 5.75 Å². The molecule has 0 aliphatic heterocycles. The molecule has 0 aliphatic carbocycles. The van der Waals surface area contributed by atoms with Crippen molar-refractivity contribution in [2.24, 2.45) is 11.7 Å². The number of hydrogen-bond donors (Lipinski definition) is 5. The predicted molar refractivity (Wildman–Crippen MR) is 120 cm³/mol. The number of amides is 3. The fraction of sp³-hybridized carbons (Fsp3) is 0.526. The second-order valence-corrected chi connectivity index (χ2v) is 9.00. The average molecular weight is 472 g/mol. The van der Waals surface area contributed by atoms with Crippen LogP contribution in [0.2, 0.25) is 0 Å². The lowest BCUT2D eigenvalue weighted by molar-refractivity contribution is -0.135. The topological polar surface area (TPSA) is 164 Å². The van der Waals surface area contributed by atoms with Crippen LogP contribution in [0.15, 0.2) is 29.4 Å². The lowest BCUT2D eigenvalue weighted by Crippen LogP contribution is -2.58. The molecular formula is C19H29N5O5S2. The van der Waals surface area contributed by atoms with Crippen LogP contribution in [0.25, 0.3) is 0 Å². The number of aliphatic hydroxyl groups excluding tert-OH is 1. The minimum Gasteiger partial charge on any atom is -0.395 e. The monoisotopic (exact) mass is 471 g/mol. The predicted octanol–water partition coefficient (Wildman–Crippen LogP) is -0.526. The van der Waals surface area contributed by atoms with Crippen molar-refractivity contribution >= 4 is 45.1 Å². The zero-order chi connectivity index (χ0) is 23.2. The molecule has 0 bridgehead atoms. The van der Waals surface area contributed by atoms with Crippen molar-refractivity contribution in [3.05, 3.63) is 24.4 Å². The Morgan fingerprint density at radius 1 is 1.23 bits per heavy atom. The van der Waals surface area contributed by atoms with Gasteiger partial charge in [-0.15, -0.1) is 0 Å². The number of nitrogens with two attached hydrogens (primary N) is 1. The summed E-state index contributed by atoms with van der Waals surface area (Å²) in [5, 5.41) is 17.2. The van der Waals surface area contributed by atoms with Crippen molar-refractivity contribution in [2.75, 3.05) is 25.4 Å². The number of aliphatic hydroxyl groups is 1. The summed E-state index contributed by atoms with van der Waals surface area (Å²) in [7, 11) is 2.90. The first kappa shape index (κ1) is 26.9. The van der Waals surface area contributed by atoms with E-state index in [9.17, 15) is 19.2 Å². The summed E-state index contributed by atoms with van der Waals surface area (Å²) in [6.07, 6.45) is 1.84. The van der Waals surface area contributed by atoms with Crippen molar-refractivity contribution in [2.45, 2.75) is 37.4 Å². The number of ketones is 1. The maximum Gasteiger partial charge on any atom is 0.225 e. The molecule has 172 valence electrons. The van der Waals surface area contributed by atoms with Crippen molar-refractivity contribution in [1.29, 1.82) is 0 Å². The highest BCUT2D eigenvalue weighted by Gasteiger charge is 2.35. The maximum atomic E-state index is 12.9. The zero-order valence-corrected chi connectivity index (χ0v) is 19.1. The molecule has 0 spiro atoms. The third-order valence-corrected chi connectivity index (χ3v) is 6.37. The summed E-state index contributed by atoms with van der Waals surface area (Å²) >= 11 is 0. The van der Waals surface area contributed by atoms with Gasteiger partial charge < -0.3 is 26.8 Å². The summed E-state index contributed by atoms with van der Waals surface area (Å²) in [5.41, 5.74) is 5.68. The van der Waals surface area contributed by atoms with Crippen molar-refractivity contribution in [1.82, 2.24) is 20.9 Å². The van der Waals surface area contributed by atoms with Gasteiger partial charge in [0, 0.05) is 38.4 Å². The first-order valence-corrected chi connectivity index (χ1v) is 12.0. The van der Waals surface area contributed by atoms with Gasteiger partial charge in [-0.1, -0.05) is 23.8 Å². The molecule has 1 aromatic rings. The van der Waals surface area contributed by atoms with Gasteiger partial charge in [-0.3, -0.25) is 19.2 Å². The molecule has 0 fully saturated rings. The standard InChI is InChI=1S/C19H29N5O5S2/c1-12(19(29)22-8-9-25)17(23-13(2)26)18(28)14(11-20)24-15(27)6-10-30-31-16-5-3-4-7-21-16/h3-5,7,12,14,17,25H,6,8-11,20H2,1-2H3,(H,22,29)(H,23,26)(H,24,27). The number of nitrogens with zero attached hydrogens (tertiary/aromatic N) is 1. The van der Waals surface area contributed by atoms with Crippen LogP contribution in [0.5, 0.6) is 0 Å². The number of rotatable bonds is 14. The van der Waals surface area contributed by atoms with E-state index in [1.165, 1.54) is 35.4 Å². The summed E-state index contributed by atoms with van der Waals surface area (Å²) in [6.45, 7) is 2.30. The third-order valence-electron chi connectivity index (χ3n) is 4.10. The Labute approximate surface area is 189 Å². The van der Waals surface area contributed by atoms with Crippen LogP contribution in [-0.4, -0.2) is 71.1 Å². The highest BCUT2D eigenvalue weighted by Crippen LogP contribution is 2.29. The summed E-state index contributed by atoms with van der Waals surface area (Å²) < 4.78 is 0. The minimum atomic E-state index is -1.17. The van der Waals surface area contributed by atoms with E-state index in [0.717, 1.165) is 5.03 Å². The van der Waals surface area contributed by atoms with Crippen molar-refractivity contribution in [3.63, 3.8) is 0 Å². The number of hydrogen-bond acceptors (Lipinski definition) is 9. The quantitative estimate of drug-likeness (QED) is 0.177. The number of carbonyl (C=O) groups is 4. The number of aromatic nitrogens is 1. The maximum absolute atomic E-state index is 12.9. The highest BCUT2D eigenvalue weighted by molar-refractivity contribution is 8.76. The minimum absolute atomic E-state index is 0.0232. The molecule has 0 saturated carbocycles. The van der Waals surface area contributed by atoms with Gasteiger partial charge in [0.25, 0.3) is 0 Å². The zero-order valence-electron chi connectivity index (χ0n) is 17.5. The van der Waals surface area contributed by atoms with Gasteiger partial charge in [-0.25, -0.2) is 4.98 Å². The summed E-state index contributed by atoms with van der Waals surface area (Å²) in [5.74, 6) is -2.35. The Hall–Kier alpha value is -2.15. The Balaban J connectivity index is 2.63. The lowest BCUT2D eigenvalue weighted by Gasteiger charge is -2.27. The van der Waals surface area contributed by atoms with Crippen LogP contribution in [0.4, 0.5) is 0 Å². The number of carbonyl (C=O) groups excluding carboxylic acids is 4. The van der Waals surface area contributed by atoms with Gasteiger partial charge in [0.05, 0.1) is 12.5 Å². The average Bonchev–Trinajstić information content (AvgIpc) is 2.76. The fourth-order valence-electron chi connectivity index (χ4n) is 2.52. The number of pyridine rings is 1. The molecule has 0 aliphatic rings. The van der Waals surface area contributed by atoms with Gasteiger partial charge in [-0.2, -0.15) is 0 Å². The van der Waals surface area contributed by atoms with Crippen LogP contribution in [0, 0.1) is 5.92 Å². The van der Waals surface area contributed by atoms with E-state index < -0.39 is 35.6 Å². The largest absolute Gasteiger partial charge is 0.395 e.